The maximum atomic E-state index is 14.6. The van der Waals surface area contributed by atoms with Gasteiger partial charge in [-0.05, 0) is 35.7 Å². The number of azo groups is 2. The molecule has 29 heteroatoms. The monoisotopic (exact) mass is 852 g/mol. The van der Waals surface area contributed by atoms with E-state index in [1.165, 1.54) is 0 Å². The molecule has 1 aromatic heterocycles. The van der Waals surface area contributed by atoms with E-state index in [4.69, 9.17) is 10.3 Å². The number of fused-ring (bicyclic) bond motifs is 1. The van der Waals surface area contributed by atoms with E-state index < -0.39 is 134 Å². The summed E-state index contributed by atoms with van der Waals surface area (Å²) in [5.74, 6) is -6.61. The number of aromatic hydroxyl groups is 1. The number of phenolic OH excluding ortho intramolecular Hbond substituents is 1. The number of aromatic nitrogens is 2. The lowest BCUT2D eigenvalue weighted by Crippen LogP contribution is -2.04. The van der Waals surface area contributed by atoms with Crippen molar-refractivity contribution < 1.29 is 74.6 Å². The lowest BCUT2D eigenvalue weighted by atomic mass is 10.1. The lowest BCUT2D eigenvalue weighted by Gasteiger charge is -2.14. The molecule has 0 aliphatic rings. The van der Waals surface area contributed by atoms with Crippen molar-refractivity contribution in [3.8, 4) is 5.75 Å². The molecule has 8 N–H and O–H groups in total. The van der Waals surface area contributed by atoms with E-state index >= 15 is 0 Å². The molecule has 0 bridgehead atoms. The zero-order valence-electron chi connectivity index (χ0n) is 26.0. The molecule has 0 spiro atoms. The number of hydrogen-bond acceptors (Lipinski definition) is 17. The fourth-order valence-electron chi connectivity index (χ4n) is 4.60. The highest BCUT2D eigenvalue weighted by Gasteiger charge is 2.29. The molecule has 0 radical (unpaired) electrons. The molecular weight excluding hydrogens is 837 g/mol. The molecule has 5 rings (SSSR count). The molecule has 55 heavy (non-hydrogen) atoms. The highest BCUT2D eigenvalue weighted by atomic mass is 32.2. The van der Waals surface area contributed by atoms with Gasteiger partial charge >= 0.3 is 6.08 Å². The van der Waals surface area contributed by atoms with Crippen molar-refractivity contribution in [2.24, 2.45) is 20.5 Å². The quantitative estimate of drug-likeness (QED) is 0.0242. The van der Waals surface area contributed by atoms with E-state index in [9.17, 15) is 70.0 Å². The second kappa shape index (κ2) is 14.1. The third-order valence-corrected chi connectivity index (χ3v) is 10.3. The molecule has 0 aliphatic heterocycles. The minimum absolute atomic E-state index is 0.0126. The molecule has 0 fully saturated rings. The number of hydrogen-bond donors (Lipinski definition) is 7. The molecule has 0 saturated heterocycles. The fraction of sp³-hybridized carbons (Fsp3) is 0. The van der Waals surface area contributed by atoms with Crippen LogP contribution in [-0.4, -0.2) is 67.0 Å². The van der Waals surface area contributed by atoms with Crippen LogP contribution in [0.3, 0.4) is 0 Å². The molecule has 0 amide bonds. The van der Waals surface area contributed by atoms with Crippen molar-refractivity contribution in [3.05, 3.63) is 72.2 Å². The Morgan fingerprint density at radius 3 is 1.71 bits per heavy atom. The zero-order valence-corrected chi connectivity index (χ0v) is 29.3. The van der Waals surface area contributed by atoms with Crippen LogP contribution in [0, 0.1) is 23.7 Å². The predicted molar refractivity (Wildman–Crippen MR) is 176 cm³/mol. The van der Waals surface area contributed by atoms with E-state index in [2.05, 4.69) is 35.7 Å². The molecular formula is C26H16F4N8O13S4. The molecule has 290 valence electrons. The molecule has 5 aromatic rings. The normalized spacial score (nSPS) is 12.9. The fourth-order valence-corrected chi connectivity index (χ4v) is 7.09. The van der Waals surface area contributed by atoms with E-state index in [0.29, 0.717) is 24.3 Å². The topological polar surface area (TPSA) is 351 Å². The number of nitrogens with one attached hydrogen (secondary N) is 1. The molecule has 4 aromatic carbocycles. The van der Waals surface area contributed by atoms with Gasteiger partial charge in [-0.15, -0.1) is 20.5 Å². The van der Waals surface area contributed by atoms with Gasteiger partial charge in [-0.25, -0.2) is 8.78 Å². The van der Waals surface area contributed by atoms with Crippen molar-refractivity contribution in [2.45, 2.75) is 19.6 Å². The number of nitrogens with zero attached hydrogens (tertiary/aromatic N) is 6. The van der Waals surface area contributed by atoms with Crippen molar-refractivity contribution in [1.29, 1.82) is 0 Å². The minimum Gasteiger partial charge on any atom is -0.505 e. The molecule has 21 nitrogen and oxygen atoms in total. The highest BCUT2D eigenvalue weighted by Crippen LogP contribution is 2.48. The molecule has 0 unspecified atom stereocenters. The second-order valence-electron chi connectivity index (χ2n) is 10.5. The lowest BCUT2D eigenvalue weighted by molar-refractivity contribution is 0.469. The molecule has 1 heterocycles. The number of nitrogen functional groups attached to an aromatic ring is 1. The number of benzene rings is 4. The van der Waals surface area contributed by atoms with E-state index in [-0.39, 0.29) is 17.8 Å². The first kappa shape index (κ1) is 40.4. The van der Waals surface area contributed by atoms with Gasteiger partial charge in [0.05, 0.1) is 11.1 Å². The van der Waals surface area contributed by atoms with Crippen molar-refractivity contribution in [1.82, 2.24) is 9.97 Å². The number of phenols is 1. The van der Waals surface area contributed by atoms with Crippen LogP contribution in [-0.2, 0) is 40.5 Å². The van der Waals surface area contributed by atoms with E-state index in [0.717, 1.165) is 12.1 Å². The molecule has 0 aliphatic carbocycles. The third kappa shape index (κ3) is 8.62. The largest absolute Gasteiger partial charge is 0.505 e. The van der Waals surface area contributed by atoms with Crippen LogP contribution >= 0.6 is 0 Å². The van der Waals surface area contributed by atoms with Crippen LogP contribution < -0.4 is 11.1 Å². The maximum Gasteiger partial charge on any atom is 0.313 e. The Bertz CT molecular complexity index is 2970. The highest BCUT2D eigenvalue weighted by molar-refractivity contribution is 7.86. The van der Waals surface area contributed by atoms with Gasteiger partial charge in [0.1, 0.15) is 54.0 Å². The van der Waals surface area contributed by atoms with Gasteiger partial charge in [-0.3, -0.25) is 18.2 Å². The summed E-state index contributed by atoms with van der Waals surface area (Å²) in [7, 11) is -21.4. The summed E-state index contributed by atoms with van der Waals surface area (Å²) < 4.78 is 191. The standard InChI is InChI=1S/C26H16F4N8O13S4/c27-11-7-16(53(43,44)45)12(28)6-13(11)35-37-23-17(54(46,47)48)3-9-4-18(55(49,50)51)24(25(39)21(9)22(23)31)38-36-14-5-10(1-2-15(14)52(40,41)42)32-20-8-19(29)33-26(30)34-20/h1-8,39H,31H2,(H,32,33,34)(H,40,41,42)(H,43,44,45)(H,46,47,48)(H,49,50,51). The Morgan fingerprint density at radius 1 is 0.600 bits per heavy atom. The number of anilines is 3. The summed E-state index contributed by atoms with van der Waals surface area (Å²) in [5.41, 5.74) is 0.380. The first-order valence-corrected chi connectivity index (χ1v) is 19.5. The van der Waals surface area contributed by atoms with Crippen LogP contribution in [0.1, 0.15) is 0 Å². The van der Waals surface area contributed by atoms with E-state index in [1.807, 2.05) is 0 Å². The first-order valence-electron chi connectivity index (χ1n) is 13.7. The summed E-state index contributed by atoms with van der Waals surface area (Å²) >= 11 is 0. The Morgan fingerprint density at radius 2 is 1.15 bits per heavy atom. The summed E-state index contributed by atoms with van der Waals surface area (Å²) in [6, 6.07) is 3.99. The number of halogens is 4. The van der Waals surface area contributed by atoms with Gasteiger partial charge in [0.25, 0.3) is 40.5 Å². The van der Waals surface area contributed by atoms with Gasteiger partial charge < -0.3 is 16.2 Å². The summed E-state index contributed by atoms with van der Waals surface area (Å²) in [6.07, 6.45) is -1.51. The van der Waals surface area contributed by atoms with Crippen LogP contribution in [0.2, 0.25) is 0 Å². The first-order chi connectivity index (χ1) is 25.3. The second-order valence-corrected chi connectivity index (χ2v) is 16.1. The number of rotatable bonds is 10. The van der Waals surface area contributed by atoms with Gasteiger partial charge in [0, 0.05) is 23.9 Å². The van der Waals surface area contributed by atoms with Crippen molar-refractivity contribution in [2.75, 3.05) is 11.1 Å². The average molecular weight is 853 g/mol. The Balaban J connectivity index is 1.74. The van der Waals surface area contributed by atoms with Crippen molar-refractivity contribution >= 4 is 91.2 Å². The smallest absolute Gasteiger partial charge is 0.313 e. The Kier molecular flexibility index (Phi) is 10.4. The summed E-state index contributed by atoms with van der Waals surface area (Å²) in [5, 5.41) is 25.7. The van der Waals surface area contributed by atoms with Crippen LogP contribution in [0.15, 0.2) is 88.6 Å². The van der Waals surface area contributed by atoms with E-state index in [1.54, 1.807) is 0 Å². The zero-order chi connectivity index (χ0) is 41.0. The number of nitrogens with two attached hydrogens (primary N) is 1. The van der Waals surface area contributed by atoms with Crippen LogP contribution in [0.4, 0.5) is 57.5 Å². The molecule has 0 saturated carbocycles. The maximum absolute atomic E-state index is 14.6. The van der Waals surface area contributed by atoms with Gasteiger partial charge in [-0.1, -0.05) is 0 Å². The third-order valence-electron chi connectivity index (χ3n) is 6.84. The Labute approximate surface area is 303 Å². The van der Waals surface area contributed by atoms with Crippen LogP contribution in [0.25, 0.3) is 10.8 Å². The minimum atomic E-state index is -5.50. The summed E-state index contributed by atoms with van der Waals surface area (Å²) in [6.45, 7) is 0. The molecule has 0 atom stereocenters. The predicted octanol–water partition coefficient (Wildman–Crippen LogP) is 5.04. The van der Waals surface area contributed by atoms with Crippen LogP contribution in [0.5, 0.6) is 5.75 Å². The Hall–Kier alpha value is -5.82. The van der Waals surface area contributed by atoms with Gasteiger partial charge in [0.2, 0.25) is 5.95 Å². The average Bonchev–Trinajstić information content (AvgIpc) is 3.02. The van der Waals surface area contributed by atoms with Crippen molar-refractivity contribution in [3.63, 3.8) is 0 Å². The van der Waals surface area contributed by atoms with Gasteiger partial charge in [0.15, 0.2) is 11.6 Å². The SMILES string of the molecule is Nc1c(N=Nc2cc(F)c(S(=O)(=O)O)cc2F)c(S(=O)(=O)O)cc2cc(S(=O)(=O)O)c(N=Nc3cc(Nc4cc(F)nc(F)n4)ccc3S(=O)(=O)O)c(O)c12. The van der Waals surface area contributed by atoms with Gasteiger partial charge in [-0.2, -0.15) is 52.4 Å². The summed E-state index contributed by atoms with van der Waals surface area (Å²) in [4.78, 5) is 0.848.